The quantitative estimate of drug-likeness (QED) is 0.545. The fraction of sp³-hybridized carbons (Fsp3) is 1.00. The van der Waals surface area contributed by atoms with Crippen molar-refractivity contribution in [2.45, 2.75) is 78.4 Å². The van der Waals surface area contributed by atoms with E-state index in [2.05, 4.69) is 33.0 Å². The van der Waals surface area contributed by atoms with Crippen molar-refractivity contribution in [3.8, 4) is 0 Å². The predicted molar refractivity (Wildman–Crippen MR) is 71.9 cm³/mol. The zero-order valence-electron chi connectivity index (χ0n) is 11.7. The topological polar surface area (TPSA) is 21.3 Å². The second kappa shape index (κ2) is 11.4. The van der Waals surface area contributed by atoms with Gasteiger partial charge in [0.1, 0.15) is 0 Å². The first-order chi connectivity index (χ1) is 7.70. The monoisotopic (exact) mass is 229 g/mol. The second-order valence-electron chi connectivity index (χ2n) is 4.88. The van der Waals surface area contributed by atoms with Gasteiger partial charge in [0.25, 0.3) is 0 Å². The minimum Gasteiger partial charge on any atom is -0.377 e. The van der Waals surface area contributed by atoms with Crippen LogP contribution in [0.5, 0.6) is 0 Å². The van der Waals surface area contributed by atoms with Gasteiger partial charge in [0.05, 0.1) is 12.7 Å². The maximum atomic E-state index is 5.70. The van der Waals surface area contributed by atoms with E-state index in [-0.39, 0.29) is 0 Å². The summed E-state index contributed by atoms with van der Waals surface area (Å²) < 4.78 is 5.70. The van der Waals surface area contributed by atoms with Crippen LogP contribution in [0.3, 0.4) is 0 Å². The first kappa shape index (κ1) is 15.9. The SMILES string of the molecule is CCCCCCC(COC(C)C)NCCC. The molecular weight excluding hydrogens is 198 g/mol. The lowest BCUT2D eigenvalue weighted by Crippen LogP contribution is -2.34. The summed E-state index contributed by atoms with van der Waals surface area (Å²) in [6, 6.07) is 0.555. The zero-order chi connectivity index (χ0) is 12.2. The molecule has 1 atom stereocenters. The molecule has 0 heterocycles. The van der Waals surface area contributed by atoms with Gasteiger partial charge in [-0.25, -0.2) is 0 Å². The molecule has 0 saturated carbocycles. The summed E-state index contributed by atoms with van der Waals surface area (Å²) >= 11 is 0. The Balaban J connectivity index is 3.62. The van der Waals surface area contributed by atoms with Crippen molar-refractivity contribution < 1.29 is 4.74 Å². The van der Waals surface area contributed by atoms with Crippen LogP contribution in [0.15, 0.2) is 0 Å². The first-order valence-electron chi connectivity index (χ1n) is 7.05. The van der Waals surface area contributed by atoms with Gasteiger partial charge in [-0.05, 0) is 33.2 Å². The van der Waals surface area contributed by atoms with Gasteiger partial charge in [0.2, 0.25) is 0 Å². The van der Waals surface area contributed by atoms with Crippen molar-refractivity contribution >= 4 is 0 Å². The molecule has 0 bridgehead atoms. The third-order valence-electron chi connectivity index (χ3n) is 2.72. The van der Waals surface area contributed by atoms with Gasteiger partial charge in [0.15, 0.2) is 0 Å². The normalized spacial score (nSPS) is 13.3. The van der Waals surface area contributed by atoms with Crippen molar-refractivity contribution in [3.05, 3.63) is 0 Å². The van der Waals surface area contributed by atoms with Crippen molar-refractivity contribution in [1.82, 2.24) is 5.32 Å². The highest BCUT2D eigenvalue weighted by Crippen LogP contribution is 2.07. The van der Waals surface area contributed by atoms with E-state index in [1.807, 2.05) is 0 Å². The number of ether oxygens (including phenoxy) is 1. The van der Waals surface area contributed by atoms with E-state index in [9.17, 15) is 0 Å². The summed E-state index contributed by atoms with van der Waals surface area (Å²) in [6.07, 6.45) is 8.18. The van der Waals surface area contributed by atoms with E-state index in [0.717, 1.165) is 13.2 Å². The van der Waals surface area contributed by atoms with E-state index in [1.54, 1.807) is 0 Å². The van der Waals surface area contributed by atoms with Crippen molar-refractivity contribution in [1.29, 1.82) is 0 Å². The lowest BCUT2D eigenvalue weighted by atomic mass is 10.1. The molecule has 0 radical (unpaired) electrons. The number of nitrogens with one attached hydrogen (secondary N) is 1. The molecule has 0 aromatic heterocycles. The van der Waals surface area contributed by atoms with Crippen molar-refractivity contribution in [2.75, 3.05) is 13.2 Å². The Hall–Kier alpha value is -0.0800. The van der Waals surface area contributed by atoms with Crippen LogP contribution in [-0.4, -0.2) is 25.3 Å². The fourth-order valence-electron chi connectivity index (χ4n) is 1.72. The van der Waals surface area contributed by atoms with Crippen LogP contribution in [0.1, 0.15) is 66.2 Å². The molecule has 1 unspecified atom stereocenters. The van der Waals surface area contributed by atoms with Gasteiger partial charge in [-0.2, -0.15) is 0 Å². The lowest BCUT2D eigenvalue weighted by Gasteiger charge is -2.20. The van der Waals surface area contributed by atoms with Gasteiger partial charge in [-0.1, -0.05) is 39.5 Å². The van der Waals surface area contributed by atoms with Gasteiger partial charge in [-0.3, -0.25) is 0 Å². The molecule has 98 valence electrons. The number of hydrogen-bond donors (Lipinski definition) is 1. The average Bonchev–Trinajstić information content (AvgIpc) is 2.26. The molecule has 0 aliphatic heterocycles. The van der Waals surface area contributed by atoms with E-state index in [4.69, 9.17) is 4.74 Å². The molecule has 0 aromatic rings. The molecule has 0 rings (SSSR count). The third kappa shape index (κ3) is 10.4. The summed E-state index contributed by atoms with van der Waals surface area (Å²) in [4.78, 5) is 0. The van der Waals surface area contributed by atoms with Crippen LogP contribution in [0.4, 0.5) is 0 Å². The Kier molecular flexibility index (Phi) is 11.3. The van der Waals surface area contributed by atoms with Crippen LogP contribution in [0.2, 0.25) is 0 Å². The predicted octanol–water partition coefficient (Wildman–Crippen LogP) is 3.75. The summed E-state index contributed by atoms with van der Waals surface area (Å²) in [5, 5.41) is 3.58. The molecular formula is C14H31NO. The van der Waals surface area contributed by atoms with E-state index in [0.29, 0.717) is 12.1 Å². The zero-order valence-corrected chi connectivity index (χ0v) is 11.7. The molecule has 0 fully saturated rings. The Bertz CT molecular complexity index is 137. The standard InChI is InChI=1S/C14H31NO/c1-5-7-8-9-10-14(15-11-6-2)12-16-13(3)4/h13-15H,5-12H2,1-4H3. The second-order valence-corrected chi connectivity index (χ2v) is 4.88. The number of hydrogen-bond acceptors (Lipinski definition) is 2. The van der Waals surface area contributed by atoms with Gasteiger partial charge in [0, 0.05) is 6.04 Å². The third-order valence-corrected chi connectivity index (χ3v) is 2.72. The van der Waals surface area contributed by atoms with Crippen molar-refractivity contribution in [3.63, 3.8) is 0 Å². The van der Waals surface area contributed by atoms with Gasteiger partial charge < -0.3 is 10.1 Å². The number of rotatable bonds is 11. The molecule has 0 amide bonds. The molecule has 0 saturated heterocycles. The molecule has 0 aliphatic rings. The molecule has 0 aromatic carbocycles. The van der Waals surface area contributed by atoms with Crippen LogP contribution in [0, 0.1) is 0 Å². The van der Waals surface area contributed by atoms with Gasteiger partial charge >= 0.3 is 0 Å². The van der Waals surface area contributed by atoms with Crippen molar-refractivity contribution in [2.24, 2.45) is 0 Å². The Labute approximate surface area is 102 Å². The van der Waals surface area contributed by atoms with E-state index >= 15 is 0 Å². The van der Waals surface area contributed by atoms with E-state index < -0.39 is 0 Å². The minimum atomic E-state index is 0.349. The molecule has 0 aliphatic carbocycles. The van der Waals surface area contributed by atoms with Gasteiger partial charge in [-0.15, -0.1) is 0 Å². The summed E-state index contributed by atoms with van der Waals surface area (Å²) in [5.41, 5.74) is 0. The fourth-order valence-corrected chi connectivity index (χ4v) is 1.72. The minimum absolute atomic E-state index is 0.349. The van der Waals surface area contributed by atoms with Crippen LogP contribution >= 0.6 is 0 Å². The highest BCUT2D eigenvalue weighted by molar-refractivity contribution is 4.66. The maximum Gasteiger partial charge on any atom is 0.0623 e. The summed E-state index contributed by atoms with van der Waals surface area (Å²) in [6.45, 7) is 10.7. The lowest BCUT2D eigenvalue weighted by molar-refractivity contribution is 0.0590. The maximum absolute atomic E-state index is 5.70. The van der Waals surface area contributed by atoms with Crippen LogP contribution < -0.4 is 5.32 Å². The van der Waals surface area contributed by atoms with Crippen LogP contribution in [-0.2, 0) is 4.74 Å². The number of unbranched alkanes of at least 4 members (excludes halogenated alkanes) is 3. The average molecular weight is 229 g/mol. The highest BCUT2D eigenvalue weighted by Gasteiger charge is 2.08. The first-order valence-corrected chi connectivity index (χ1v) is 7.05. The Morgan fingerprint density at radius 1 is 1.00 bits per heavy atom. The largest absolute Gasteiger partial charge is 0.377 e. The van der Waals surface area contributed by atoms with Crippen LogP contribution in [0.25, 0.3) is 0 Å². The summed E-state index contributed by atoms with van der Waals surface area (Å²) in [5.74, 6) is 0. The molecule has 2 nitrogen and oxygen atoms in total. The highest BCUT2D eigenvalue weighted by atomic mass is 16.5. The Morgan fingerprint density at radius 3 is 2.31 bits per heavy atom. The Morgan fingerprint density at radius 2 is 1.75 bits per heavy atom. The summed E-state index contributed by atoms with van der Waals surface area (Å²) in [7, 11) is 0. The molecule has 2 heteroatoms. The molecule has 1 N–H and O–H groups in total. The molecule has 0 spiro atoms. The smallest absolute Gasteiger partial charge is 0.0623 e. The van der Waals surface area contributed by atoms with E-state index in [1.165, 1.54) is 38.5 Å². The molecule has 16 heavy (non-hydrogen) atoms.